The second-order valence-electron chi connectivity index (χ2n) is 5.90. The Morgan fingerprint density at radius 1 is 1.36 bits per heavy atom. The summed E-state index contributed by atoms with van der Waals surface area (Å²) in [4.78, 5) is 11.3. The Morgan fingerprint density at radius 3 is 3.00 bits per heavy atom. The lowest BCUT2D eigenvalue weighted by molar-refractivity contribution is 0.0689. The number of carboxylic acid groups (broad SMARTS) is 1. The van der Waals surface area contributed by atoms with Gasteiger partial charge >= 0.3 is 5.97 Å². The minimum atomic E-state index is -0.945. The largest absolute Gasteiger partial charge is 0.476 e. The molecule has 0 amide bonds. The number of nitrogens with one attached hydrogen (secondary N) is 1. The minimum absolute atomic E-state index is 0.188. The van der Waals surface area contributed by atoms with E-state index in [1.807, 2.05) is 18.2 Å². The molecule has 3 rings (SSSR count). The number of H-pyrrole nitrogens is 1. The van der Waals surface area contributed by atoms with E-state index in [-0.39, 0.29) is 11.6 Å². The summed E-state index contributed by atoms with van der Waals surface area (Å²) >= 11 is 6.07. The number of aromatic nitrogens is 2. The van der Waals surface area contributed by atoms with Crippen LogP contribution in [0.4, 0.5) is 0 Å². The fourth-order valence-electron chi connectivity index (χ4n) is 3.31. The molecule has 1 heterocycles. The van der Waals surface area contributed by atoms with Crippen molar-refractivity contribution in [2.75, 3.05) is 0 Å². The van der Waals surface area contributed by atoms with Crippen molar-refractivity contribution < 1.29 is 9.90 Å². The molecule has 1 atom stereocenters. The molecule has 0 unspecified atom stereocenters. The zero-order chi connectivity index (χ0) is 15.5. The first kappa shape index (κ1) is 15.1. The summed E-state index contributed by atoms with van der Waals surface area (Å²) in [5, 5.41) is 17.1. The number of aromatic carboxylic acids is 1. The molecule has 0 radical (unpaired) electrons. The maximum absolute atomic E-state index is 11.3. The number of halogens is 1. The molecule has 116 valence electrons. The average Bonchev–Trinajstić information content (AvgIpc) is 2.86. The van der Waals surface area contributed by atoms with Crippen molar-refractivity contribution >= 4 is 17.6 Å². The molecule has 1 aromatic carbocycles. The number of carboxylic acids is 1. The van der Waals surface area contributed by atoms with Crippen molar-refractivity contribution in [2.24, 2.45) is 0 Å². The van der Waals surface area contributed by atoms with Crippen LogP contribution in [0.5, 0.6) is 0 Å². The SMILES string of the molecule is O=C(O)c1n[nH]c2c1CCCCC[C@H]2Cc1cccc(Cl)c1. The Labute approximate surface area is 134 Å². The van der Waals surface area contributed by atoms with Gasteiger partial charge in [0.25, 0.3) is 0 Å². The molecule has 0 saturated heterocycles. The van der Waals surface area contributed by atoms with Crippen LogP contribution in [-0.4, -0.2) is 21.3 Å². The van der Waals surface area contributed by atoms with Crippen molar-refractivity contribution in [3.05, 3.63) is 51.8 Å². The molecule has 0 spiro atoms. The quantitative estimate of drug-likeness (QED) is 0.891. The fourth-order valence-corrected chi connectivity index (χ4v) is 3.53. The Kier molecular flexibility index (Phi) is 4.48. The van der Waals surface area contributed by atoms with Gasteiger partial charge in [-0.05, 0) is 43.4 Å². The molecule has 2 N–H and O–H groups in total. The number of carbonyl (C=O) groups is 1. The van der Waals surface area contributed by atoms with Gasteiger partial charge < -0.3 is 5.11 Å². The smallest absolute Gasteiger partial charge is 0.356 e. The van der Waals surface area contributed by atoms with E-state index in [4.69, 9.17) is 11.6 Å². The van der Waals surface area contributed by atoms with Crippen molar-refractivity contribution in [2.45, 2.75) is 44.4 Å². The number of hydrogen-bond donors (Lipinski definition) is 2. The number of nitrogens with zero attached hydrogens (tertiary/aromatic N) is 1. The molecule has 22 heavy (non-hydrogen) atoms. The third-order valence-electron chi connectivity index (χ3n) is 4.36. The molecule has 5 heteroatoms. The van der Waals surface area contributed by atoms with Gasteiger partial charge in [0.1, 0.15) is 0 Å². The fraction of sp³-hybridized carbons (Fsp3) is 0.412. The second kappa shape index (κ2) is 6.53. The van der Waals surface area contributed by atoms with Crippen LogP contribution in [-0.2, 0) is 12.8 Å². The molecule has 1 aliphatic carbocycles. The molecule has 1 aliphatic rings. The van der Waals surface area contributed by atoms with Crippen LogP contribution < -0.4 is 0 Å². The van der Waals surface area contributed by atoms with Gasteiger partial charge in [0.2, 0.25) is 0 Å². The predicted octanol–water partition coefficient (Wildman–Crippen LogP) is 4.20. The van der Waals surface area contributed by atoms with E-state index in [1.54, 1.807) is 0 Å². The number of fused-ring (bicyclic) bond motifs is 1. The molecule has 0 fully saturated rings. The highest BCUT2D eigenvalue weighted by Gasteiger charge is 2.25. The van der Waals surface area contributed by atoms with Gasteiger partial charge in [0.15, 0.2) is 5.69 Å². The zero-order valence-electron chi connectivity index (χ0n) is 12.3. The van der Waals surface area contributed by atoms with Crippen molar-refractivity contribution in [1.82, 2.24) is 10.2 Å². The first-order valence-electron chi connectivity index (χ1n) is 7.70. The summed E-state index contributed by atoms with van der Waals surface area (Å²) in [6.07, 6.45) is 6.01. The molecule has 4 nitrogen and oxygen atoms in total. The summed E-state index contributed by atoms with van der Waals surface area (Å²) in [5.74, 6) is -0.672. The van der Waals surface area contributed by atoms with Crippen LogP contribution in [0, 0.1) is 0 Å². The van der Waals surface area contributed by atoms with Crippen LogP contribution in [0.3, 0.4) is 0 Å². The van der Waals surface area contributed by atoms with Gasteiger partial charge in [-0.1, -0.05) is 36.6 Å². The van der Waals surface area contributed by atoms with E-state index in [9.17, 15) is 9.90 Å². The molecule has 0 aliphatic heterocycles. The Hall–Kier alpha value is -1.81. The first-order chi connectivity index (χ1) is 10.6. The Bertz CT molecular complexity index is 681. The normalized spacial score (nSPS) is 18.3. The summed E-state index contributed by atoms with van der Waals surface area (Å²) in [7, 11) is 0. The van der Waals surface area contributed by atoms with Crippen molar-refractivity contribution in [3.8, 4) is 0 Å². The highest BCUT2D eigenvalue weighted by atomic mass is 35.5. The van der Waals surface area contributed by atoms with Gasteiger partial charge in [0, 0.05) is 22.2 Å². The maximum atomic E-state index is 11.3. The monoisotopic (exact) mass is 318 g/mol. The van der Waals surface area contributed by atoms with Crippen LogP contribution in [0.1, 0.15) is 58.9 Å². The average molecular weight is 319 g/mol. The van der Waals surface area contributed by atoms with Crippen LogP contribution in [0.25, 0.3) is 0 Å². The van der Waals surface area contributed by atoms with Gasteiger partial charge in [-0.15, -0.1) is 0 Å². The van der Waals surface area contributed by atoms with Crippen LogP contribution in [0.15, 0.2) is 24.3 Å². The lowest BCUT2D eigenvalue weighted by Crippen LogP contribution is -2.11. The second-order valence-corrected chi connectivity index (χ2v) is 6.34. The van der Waals surface area contributed by atoms with E-state index >= 15 is 0 Å². The number of rotatable bonds is 3. The molecule has 1 aromatic heterocycles. The number of aromatic amines is 1. The van der Waals surface area contributed by atoms with Crippen molar-refractivity contribution in [3.63, 3.8) is 0 Å². The summed E-state index contributed by atoms with van der Waals surface area (Å²) in [6.45, 7) is 0. The van der Waals surface area contributed by atoms with E-state index in [0.717, 1.165) is 54.8 Å². The molecular formula is C17H19ClN2O2. The van der Waals surface area contributed by atoms with E-state index in [0.29, 0.717) is 0 Å². The molecular weight excluding hydrogens is 300 g/mol. The zero-order valence-corrected chi connectivity index (χ0v) is 13.1. The van der Waals surface area contributed by atoms with Crippen LogP contribution >= 0.6 is 11.6 Å². The third kappa shape index (κ3) is 3.17. The Morgan fingerprint density at radius 2 is 2.23 bits per heavy atom. The first-order valence-corrected chi connectivity index (χ1v) is 8.08. The molecule has 0 bridgehead atoms. The van der Waals surface area contributed by atoms with E-state index < -0.39 is 5.97 Å². The van der Waals surface area contributed by atoms with Gasteiger partial charge in [-0.2, -0.15) is 5.10 Å². The lowest BCUT2D eigenvalue weighted by atomic mass is 9.85. The molecule has 2 aromatic rings. The Balaban J connectivity index is 1.93. The molecule has 0 saturated carbocycles. The lowest BCUT2D eigenvalue weighted by Gasteiger charge is -2.20. The van der Waals surface area contributed by atoms with E-state index in [1.165, 1.54) is 5.56 Å². The highest BCUT2D eigenvalue weighted by molar-refractivity contribution is 6.30. The predicted molar refractivity (Wildman–Crippen MR) is 85.6 cm³/mol. The topological polar surface area (TPSA) is 66.0 Å². The summed E-state index contributed by atoms with van der Waals surface area (Å²) in [6, 6.07) is 7.87. The van der Waals surface area contributed by atoms with Crippen LogP contribution in [0.2, 0.25) is 5.02 Å². The highest BCUT2D eigenvalue weighted by Crippen LogP contribution is 2.33. The summed E-state index contributed by atoms with van der Waals surface area (Å²) < 4.78 is 0. The third-order valence-corrected chi connectivity index (χ3v) is 4.60. The van der Waals surface area contributed by atoms with Gasteiger partial charge in [-0.25, -0.2) is 4.79 Å². The standard InChI is InChI=1S/C17H19ClN2O2/c18-13-7-4-5-11(10-13)9-12-6-2-1-3-8-14-15(12)19-20-16(14)17(21)22/h4-5,7,10,12H,1-3,6,8-9H2,(H,19,20)(H,21,22)/t12-/m0/s1. The maximum Gasteiger partial charge on any atom is 0.356 e. The van der Waals surface area contributed by atoms with Crippen molar-refractivity contribution in [1.29, 1.82) is 0 Å². The van der Waals surface area contributed by atoms with Gasteiger partial charge in [0.05, 0.1) is 0 Å². The number of hydrogen-bond acceptors (Lipinski definition) is 2. The number of benzene rings is 1. The summed E-state index contributed by atoms with van der Waals surface area (Å²) in [5.41, 5.74) is 3.25. The minimum Gasteiger partial charge on any atom is -0.476 e. The van der Waals surface area contributed by atoms with E-state index in [2.05, 4.69) is 16.3 Å². The van der Waals surface area contributed by atoms with Gasteiger partial charge in [-0.3, -0.25) is 5.10 Å².